The van der Waals surface area contributed by atoms with Crippen LogP contribution in [0, 0.1) is 0 Å². The van der Waals surface area contributed by atoms with Crippen LogP contribution in [0.3, 0.4) is 0 Å². The van der Waals surface area contributed by atoms with E-state index in [0.29, 0.717) is 11.8 Å². The first-order chi connectivity index (χ1) is 1.91. The van der Waals surface area contributed by atoms with Crippen molar-refractivity contribution in [3.05, 3.63) is 0 Å². The predicted molar refractivity (Wildman–Crippen MR) is 21.4 cm³/mol. The Morgan fingerprint density at radius 3 is 1.20 bits per heavy atom. The van der Waals surface area contributed by atoms with Crippen molar-refractivity contribution in [1.29, 1.82) is 0 Å². The predicted octanol–water partition coefficient (Wildman–Crippen LogP) is 1.46. The topological polar surface area (TPSA) is 0 Å². The molecule has 0 radical (unpaired) electrons. The van der Waals surface area contributed by atoms with E-state index in [0.717, 1.165) is 0 Å². The molecule has 0 saturated carbocycles. The molecule has 0 saturated heterocycles. The van der Waals surface area contributed by atoms with Gasteiger partial charge in [0.25, 0.3) is 0 Å². The second-order valence-corrected chi connectivity index (χ2v) is 1.13. The summed E-state index contributed by atoms with van der Waals surface area (Å²) in [6, 6.07) is 0. The summed E-state index contributed by atoms with van der Waals surface area (Å²) in [4.78, 5) is 0. The first kappa shape index (κ1) is 9.42. The molecule has 0 atom stereocenters. The van der Waals surface area contributed by atoms with Gasteiger partial charge < -0.3 is 0 Å². The summed E-state index contributed by atoms with van der Waals surface area (Å²) in [6.07, 6.45) is 0. The van der Waals surface area contributed by atoms with Gasteiger partial charge in [-0.3, -0.25) is 0 Å². The van der Waals surface area contributed by atoms with Crippen LogP contribution in [0.4, 0.5) is 0 Å². The van der Waals surface area contributed by atoms with E-state index >= 15 is 0 Å². The van der Waals surface area contributed by atoms with Crippen molar-refractivity contribution in [2.24, 2.45) is 0 Å². The maximum atomic E-state index is 5.05. The first-order valence-electron chi connectivity index (χ1n) is 1.03. The number of alkyl halides is 2. The molecule has 0 rings (SSSR count). The molecule has 0 aromatic carbocycles. The van der Waals surface area contributed by atoms with E-state index in [1.807, 2.05) is 0 Å². The fourth-order valence-electron chi connectivity index (χ4n) is 0. The molecule has 0 aromatic rings. The Labute approximate surface area is 51.8 Å². The second-order valence-electron chi connectivity index (χ2n) is 0.378. The van der Waals surface area contributed by atoms with Crippen LogP contribution in [0.5, 0.6) is 0 Å². The van der Waals surface area contributed by atoms with Crippen LogP contribution in [0.2, 0.25) is 0 Å². The monoisotopic (exact) mass is 156 g/mol. The minimum atomic E-state index is 0. The molecule has 0 nitrogen and oxygen atoms in total. The molecule has 0 unspecified atom stereocenters. The van der Waals surface area contributed by atoms with Crippen molar-refractivity contribution < 1.29 is 16.5 Å². The molecular formula is C2H4Cl2Ni. The van der Waals surface area contributed by atoms with Crippen LogP contribution in [-0.4, -0.2) is 11.8 Å². The Bertz CT molecular complexity index is 9.61. The third kappa shape index (κ3) is 11.1. The minimum Gasteiger partial charge on any atom is -0.125 e. The Morgan fingerprint density at radius 2 is 1.20 bits per heavy atom. The second kappa shape index (κ2) is 8.91. The Hall–Kier alpha value is 1.07. The smallest absolute Gasteiger partial charge is 0.0359 e. The van der Waals surface area contributed by atoms with E-state index in [1.54, 1.807) is 0 Å². The van der Waals surface area contributed by atoms with Gasteiger partial charge in [0, 0.05) is 28.3 Å². The van der Waals surface area contributed by atoms with E-state index in [-0.39, 0.29) is 16.5 Å². The van der Waals surface area contributed by atoms with Crippen molar-refractivity contribution in [1.82, 2.24) is 0 Å². The molecular weight excluding hydrogens is 154 g/mol. The zero-order valence-corrected chi connectivity index (χ0v) is 4.99. The molecule has 0 bridgehead atoms. The number of halogens is 2. The van der Waals surface area contributed by atoms with E-state index in [9.17, 15) is 0 Å². The van der Waals surface area contributed by atoms with E-state index in [4.69, 9.17) is 23.2 Å². The third-order valence-electron chi connectivity index (χ3n) is 0.0714. The van der Waals surface area contributed by atoms with E-state index in [2.05, 4.69) is 0 Å². The largest absolute Gasteiger partial charge is 0.125 e. The molecule has 0 aliphatic heterocycles. The summed E-state index contributed by atoms with van der Waals surface area (Å²) >= 11 is 10.1. The summed E-state index contributed by atoms with van der Waals surface area (Å²) in [6.45, 7) is 0. The van der Waals surface area contributed by atoms with Gasteiger partial charge >= 0.3 is 0 Å². The third-order valence-corrected chi connectivity index (χ3v) is 0.643. The minimum absolute atomic E-state index is 0. The fraction of sp³-hybridized carbons (Fsp3) is 1.00. The van der Waals surface area contributed by atoms with Crippen molar-refractivity contribution in [3.8, 4) is 0 Å². The van der Waals surface area contributed by atoms with Crippen molar-refractivity contribution in [2.45, 2.75) is 0 Å². The molecule has 0 aliphatic rings. The number of hydrogen-bond donors (Lipinski definition) is 0. The number of hydrogen-bond acceptors (Lipinski definition) is 0. The van der Waals surface area contributed by atoms with Crippen LogP contribution in [0.1, 0.15) is 0 Å². The van der Waals surface area contributed by atoms with E-state index < -0.39 is 0 Å². The quantitative estimate of drug-likeness (QED) is 0.400. The molecule has 36 valence electrons. The Morgan fingerprint density at radius 1 is 1.00 bits per heavy atom. The summed E-state index contributed by atoms with van der Waals surface area (Å²) in [5.41, 5.74) is 0. The molecule has 0 heterocycles. The standard InChI is InChI=1S/C2H4Cl2.Ni/c3-1-2-4;/h1-2H2;. The fourth-order valence-corrected chi connectivity index (χ4v) is 0. The van der Waals surface area contributed by atoms with Gasteiger partial charge in [-0.2, -0.15) is 0 Å². The van der Waals surface area contributed by atoms with Crippen LogP contribution in [-0.2, 0) is 16.5 Å². The maximum absolute atomic E-state index is 5.05. The molecule has 0 spiro atoms. The first-order valence-corrected chi connectivity index (χ1v) is 2.10. The molecule has 0 aliphatic carbocycles. The molecule has 0 fully saturated rings. The molecule has 0 N–H and O–H groups in total. The van der Waals surface area contributed by atoms with Crippen LogP contribution >= 0.6 is 23.2 Å². The van der Waals surface area contributed by atoms with Gasteiger partial charge in [0.2, 0.25) is 0 Å². The van der Waals surface area contributed by atoms with Gasteiger partial charge in [-0.1, -0.05) is 0 Å². The zero-order chi connectivity index (χ0) is 3.41. The maximum Gasteiger partial charge on any atom is 0.0359 e. The van der Waals surface area contributed by atoms with Gasteiger partial charge in [-0.15, -0.1) is 23.2 Å². The van der Waals surface area contributed by atoms with Crippen LogP contribution in [0.15, 0.2) is 0 Å². The van der Waals surface area contributed by atoms with Crippen LogP contribution < -0.4 is 0 Å². The normalized spacial score (nSPS) is 6.00. The summed E-state index contributed by atoms with van der Waals surface area (Å²) in [7, 11) is 0. The van der Waals surface area contributed by atoms with Gasteiger partial charge in [0.05, 0.1) is 0 Å². The Balaban J connectivity index is 0. The Kier molecular flexibility index (Phi) is 16.8. The van der Waals surface area contributed by atoms with E-state index in [1.165, 1.54) is 0 Å². The van der Waals surface area contributed by atoms with Gasteiger partial charge in [0.1, 0.15) is 0 Å². The van der Waals surface area contributed by atoms with Crippen molar-refractivity contribution >= 4 is 23.2 Å². The summed E-state index contributed by atoms with van der Waals surface area (Å²) in [5.74, 6) is 1.11. The van der Waals surface area contributed by atoms with Gasteiger partial charge in [-0.25, -0.2) is 0 Å². The molecule has 5 heavy (non-hydrogen) atoms. The van der Waals surface area contributed by atoms with Crippen molar-refractivity contribution in [3.63, 3.8) is 0 Å². The summed E-state index contributed by atoms with van der Waals surface area (Å²) < 4.78 is 0. The SMILES string of the molecule is ClCCCl.[Ni]. The van der Waals surface area contributed by atoms with Crippen LogP contribution in [0.25, 0.3) is 0 Å². The molecule has 0 amide bonds. The van der Waals surface area contributed by atoms with Gasteiger partial charge in [0.15, 0.2) is 0 Å². The molecule has 0 aromatic heterocycles. The number of rotatable bonds is 1. The van der Waals surface area contributed by atoms with Gasteiger partial charge in [-0.05, 0) is 0 Å². The average Bonchev–Trinajstić information content (AvgIpc) is 1.37. The summed E-state index contributed by atoms with van der Waals surface area (Å²) in [5, 5.41) is 0. The average molecular weight is 158 g/mol. The molecule has 3 heteroatoms. The van der Waals surface area contributed by atoms with Crippen molar-refractivity contribution in [2.75, 3.05) is 11.8 Å². The zero-order valence-electron chi connectivity index (χ0n) is 2.49.